The fraction of sp³-hybridized carbons (Fsp3) is 0.444. The van der Waals surface area contributed by atoms with Crippen molar-refractivity contribution in [3.05, 3.63) is 23.9 Å². The molecule has 0 fully saturated rings. The highest BCUT2D eigenvalue weighted by Crippen LogP contribution is 2.07. The second-order valence-electron chi connectivity index (χ2n) is 2.65. The van der Waals surface area contributed by atoms with Crippen LogP contribution in [-0.2, 0) is 0 Å². The van der Waals surface area contributed by atoms with Gasteiger partial charge in [-0.15, -0.1) is 0 Å². The maximum atomic E-state index is 4.37. The van der Waals surface area contributed by atoms with Crippen molar-refractivity contribution < 1.29 is 0 Å². The third-order valence-corrected chi connectivity index (χ3v) is 1.74. The quantitative estimate of drug-likeness (QED) is 0.639. The molecule has 60 valence electrons. The van der Waals surface area contributed by atoms with Crippen LogP contribution >= 0.6 is 0 Å². The fourth-order valence-electron chi connectivity index (χ4n) is 0.903. The van der Waals surface area contributed by atoms with Crippen LogP contribution < -0.4 is 4.90 Å². The molecule has 0 unspecified atom stereocenters. The van der Waals surface area contributed by atoms with Gasteiger partial charge in [0.25, 0.3) is 0 Å². The minimum atomic E-state index is 0.996. The molecule has 11 heavy (non-hydrogen) atoms. The Bertz CT molecular complexity index is 233. The van der Waals surface area contributed by atoms with Crippen LogP contribution in [0.4, 0.5) is 5.82 Å². The Hall–Kier alpha value is -1.05. The zero-order valence-corrected chi connectivity index (χ0v) is 7.33. The van der Waals surface area contributed by atoms with Crippen molar-refractivity contribution in [3.63, 3.8) is 0 Å². The van der Waals surface area contributed by atoms with Crippen molar-refractivity contribution >= 4 is 5.82 Å². The van der Waals surface area contributed by atoms with Crippen molar-refractivity contribution in [2.24, 2.45) is 0 Å². The molecule has 0 aliphatic heterocycles. The summed E-state index contributed by atoms with van der Waals surface area (Å²) in [5.41, 5.74) is 1.07. The van der Waals surface area contributed by atoms with Gasteiger partial charge in [-0.3, -0.25) is 0 Å². The van der Waals surface area contributed by atoms with Crippen LogP contribution in [-0.4, -0.2) is 18.6 Å². The smallest absolute Gasteiger partial charge is 0.128 e. The topological polar surface area (TPSA) is 16.1 Å². The maximum Gasteiger partial charge on any atom is 0.128 e. The molecule has 1 aromatic rings. The number of aryl methyl sites for hydroxylation is 1. The van der Waals surface area contributed by atoms with Gasteiger partial charge in [0, 0.05) is 19.3 Å². The first kappa shape index (κ1) is 8.05. The van der Waals surface area contributed by atoms with E-state index in [-0.39, 0.29) is 0 Å². The molecular formula is C9H14N2. The molecule has 0 saturated carbocycles. The third kappa shape index (κ3) is 1.93. The van der Waals surface area contributed by atoms with Crippen LogP contribution in [0.15, 0.2) is 18.2 Å². The summed E-state index contributed by atoms with van der Waals surface area (Å²) in [5.74, 6) is 1.05. The van der Waals surface area contributed by atoms with E-state index in [9.17, 15) is 0 Å². The highest BCUT2D eigenvalue weighted by Gasteiger charge is 1.97. The molecular weight excluding hydrogens is 136 g/mol. The number of aromatic nitrogens is 1. The predicted octanol–water partition coefficient (Wildman–Crippen LogP) is 1.85. The number of hydrogen-bond donors (Lipinski definition) is 0. The van der Waals surface area contributed by atoms with Crippen LogP contribution in [0.2, 0.25) is 0 Å². The van der Waals surface area contributed by atoms with Crippen LogP contribution in [0.5, 0.6) is 0 Å². The van der Waals surface area contributed by atoms with E-state index in [0.29, 0.717) is 0 Å². The second kappa shape index (κ2) is 3.37. The average Bonchev–Trinajstić information content (AvgIpc) is 2.03. The van der Waals surface area contributed by atoms with Crippen LogP contribution in [0, 0.1) is 6.92 Å². The third-order valence-electron chi connectivity index (χ3n) is 1.74. The van der Waals surface area contributed by atoms with Gasteiger partial charge in [-0.2, -0.15) is 0 Å². The summed E-state index contributed by atoms with van der Waals surface area (Å²) in [6.07, 6.45) is 0. The lowest BCUT2D eigenvalue weighted by atomic mass is 10.3. The van der Waals surface area contributed by atoms with Gasteiger partial charge in [0.15, 0.2) is 0 Å². The van der Waals surface area contributed by atoms with Gasteiger partial charge in [-0.1, -0.05) is 6.07 Å². The number of pyridine rings is 1. The Labute approximate surface area is 67.9 Å². The van der Waals surface area contributed by atoms with Crippen LogP contribution in [0.3, 0.4) is 0 Å². The molecule has 0 aromatic carbocycles. The van der Waals surface area contributed by atoms with Crippen molar-refractivity contribution in [3.8, 4) is 0 Å². The first-order chi connectivity index (χ1) is 5.24. The predicted molar refractivity (Wildman–Crippen MR) is 47.9 cm³/mol. The molecule has 0 aliphatic carbocycles. The van der Waals surface area contributed by atoms with Crippen LogP contribution in [0.1, 0.15) is 12.6 Å². The summed E-state index contributed by atoms with van der Waals surface area (Å²) in [4.78, 5) is 6.49. The average molecular weight is 150 g/mol. The van der Waals surface area contributed by atoms with Gasteiger partial charge in [0.1, 0.15) is 5.82 Å². The zero-order chi connectivity index (χ0) is 8.27. The molecule has 1 aromatic heterocycles. The van der Waals surface area contributed by atoms with E-state index in [1.54, 1.807) is 0 Å². The van der Waals surface area contributed by atoms with Gasteiger partial charge < -0.3 is 4.90 Å². The number of hydrogen-bond acceptors (Lipinski definition) is 2. The summed E-state index contributed by atoms with van der Waals surface area (Å²) in [6.45, 7) is 5.12. The molecule has 0 atom stereocenters. The molecule has 2 nitrogen and oxygen atoms in total. The first-order valence-electron chi connectivity index (χ1n) is 3.89. The standard InChI is InChI=1S/C9H14N2/c1-4-11(3)9-7-5-6-8(2)10-9/h5-7H,4H2,1-3H3. The van der Waals surface area contributed by atoms with E-state index in [1.165, 1.54) is 0 Å². The van der Waals surface area contributed by atoms with Gasteiger partial charge in [0.2, 0.25) is 0 Å². The SMILES string of the molecule is CCN(C)c1cccc(C)n1. The molecule has 0 saturated heterocycles. The lowest BCUT2D eigenvalue weighted by Crippen LogP contribution is -2.17. The molecule has 0 N–H and O–H groups in total. The minimum absolute atomic E-state index is 0.996. The largest absolute Gasteiger partial charge is 0.360 e. The Morgan fingerprint density at radius 3 is 2.73 bits per heavy atom. The van der Waals surface area contributed by atoms with Gasteiger partial charge >= 0.3 is 0 Å². The van der Waals surface area contributed by atoms with Gasteiger partial charge in [-0.25, -0.2) is 4.98 Å². The Morgan fingerprint density at radius 2 is 2.18 bits per heavy atom. The van der Waals surface area contributed by atoms with Crippen molar-refractivity contribution in [1.82, 2.24) is 4.98 Å². The van der Waals surface area contributed by atoms with E-state index in [2.05, 4.69) is 16.8 Å². The fourth-order valence-corrected chi connectivity index (χ4v) is 0.903. The maximum absolute atomic E-state index is 4.37. The summed E-state index contributed by atoms with van der Waals surface area (Å²) in [6, 6.07) is 6.06. The van der Waals surface area contributed by atoms with Crippen LogP contribution in [0.25, 0.3) is 0 Å². The van der Waals surface area contributed by atoms with Gasteiger partial charge in [-0.05, 0) is 26.0 Å². The summed E-state index contributed by atoms with van der Waals surface area (Å²) >= 11 is 0. The highest BCUT2D eigenvalue weighted by molar-refractivity contribution is 5.37. The van der Waals surface area contributed by atoms with Gasteiger partial charge in [0.05, 0.1) is 0 Å². The highest BCUT2D eigenvalue weighted by atomic mass is 15.2. The molecule has 1 rings (SSSR count). The van der Waals surface area contributed by atoms with E-state index in [1.807, 2.05) is 32.2 Å². The minimum Gasteiger partial charge on any atom is -0.360 e. The van der Waals surface area contributed by atoms with E-state index in [0.717, 1.165) is 18.1 Å². The van der Waals surface area contributed by atoms with Crippen molar-refractivity contribution in [2.75, 3.05) is 18.5 Å². The summed E-state index contributed by atoms with van der Waals surface area (Å²) in [7, 11) is 2.04. The molecule has 2 heteroatoms. The molecule has 0 aliphatic rings. The first-order valence-corrected chi connectivity index (χ1v) is 3.89. The summed E-state index contributed by atoms with van der Waals surface area (Å²) < 4.78 is 0. The lowest BCUT2D eigenvalue weighted by Gasteiger charge is -2.15. The van der Waals surface area contributed by atoms with E-state index < -0.39 is 0 Å². The number of rotatable bonds is 2. The summed E-state index contributed by atoms with van der Waals surface area (Å²) in [5, 5.41) is 0. The Morgan fingerprint density at radius 1 is 1.45 bits per heavy atom. The number of anilines is 1. The normalized spacial score (nSPS) is 9.73. The second-order valence-corrected chi connectivity index (χ2v) is 2.65. The number of nitrogens with zero attached hydrogens (tertiary/aromatic N) is 2. The molecule has 0 spiro atoms. The Kier molecular flexibility index (Phi) is 2.47. The lowest BCUT2D eigenvalue weighted by molar-refractivity contribution is 0.931. The Balaban J connectivity index is 2.86. The molecule has 1 heterocycles. The zero-order valence-electron chi connectivity index (χ0n) is 7.33. The van der Waals surface area contributed by atoms with E-state index in [4.69, 9.17) is 0 Å². The van der Waals surface area contributed by atoms with E-state index >= 15 is 0 Å². The van der Waals surface area contributed by atoms with Crippen molar-refractivity contribution in [1.29, 1.82) is 0 Å². The van der Waals surface area contributed by atoms with Crippen molar-refractivity contribution in [2.45, 2.75) is 13.8 Å². The molecule has 0 amide bonds. The molecule has 0 radical (unpaired) electrons. The monoisotopic (exact) mass is 150 g/mol. The molecule has 0 bridgehead atoms.